The largest absolute Gasteiger partial charge is 0.469 e. The van der Waals surface area contributed by atoms with Gasteiger partial charge in [-0.15, -0.1) is 24.0 Å². The van der Waals surface area contributed by atoms with Gasteiger partial charge in [-0.2, -0.15) is 0 Å². The number of nitrogens with one attached hydrogen (secondary N) is 2. The molecule has 1 aromatic heterocycles. The number of aliphatic imine (C=N–C) groups is 1. The molecule has 27 heavy (non-hydrogen) atoms. The second kappa shape index (κ2) is 9.56. The van der Waals surface area contributed by atoms with Crippen LogP contribution in [0.5, 0.6) is 0 Å². The smallest absolute Gasteiger partial charge is 0.238 e. The molecule has 148 valence electrons. The normalized spacial score (nSPS) is 19.3. The van der Waals surface area contributed by atoms with E-state index in [0.717, 1.165) is 30.1 Å². The maximum atomic E-state index is 11.3. The zero-order chi connectivity index (χ0) is 18.6. The number of guanidine groups is 1. The molecule has 2 unspecified atom stereocenters. The van der Waals surface area contributed by atoms with Crippen molar-refractivity contribution in [1.82, 2.24) is 10.6 Å². The Kier molecular flexibility index (Phi) is 7.68. The van der Waals surface area contributed by atoms with Crippen molar-refractivity contribution < 1.29 is 12.8 Å². The van der Waals surface area contributed by atoms with Gasteiger partial charge in [-0.05, 0) is 42.2 Å². The number of rotatable bonds is 7. The van der Waals surface area contributed by atoms with Crippen LogP contribution in [0.2, 0.25) is 0 Å². The van der Waals surface area contributed by atoms with Crippen LogP contribution in [0, 0.1) is 5.92 Å². The molecule has 2 aromatic rings. The third-order valence-electron chi connectivity index (χ3n) is 4.35. The van der Waals surface area contributed by atoms with E-state index in [1.807, 2.05) is 12.1 Å². The average Bonchev–Trinajstić information content (AvgIpc) is 3.07. The van der Waals surface area contributed by atoms with Gasteiger partial charge in [0.1, 0.15) is 5.76 Å². The van der Waals surface area contributed by atoms with Crippen LogP contribution in [-0.4, -0.2) is 27.0 Å². The Morgan fingerprint density at radius 3 is 2.56 bits per heavy atom. The molecule has 0 spiro atoms. The molecule has 1 saturated carbocycles. The van der Waals surface area contributed by atoms with E-state index in [9.17, 15) is 8.42 Å². The number of hydrogen-bond acceptors (Lipinski definition) is 4. The average molecular weight is 504 g/mol. The monoisotopic (exact) mass is 504 g/mol. The summed E-state index contributed by atoms with van der Waals surface area (Å²) >= 11 is 0. The van der Waals surface area contributed by atoms with E-state index >= 15 is 0 Å². The van der Waals surface area contributed by atoms with Gasteiger partial charge in [0, 0.05) is 19.0 Å². The fourth-order valence-electron chi connectivity index (χ4n) is 2.57. The minimum atomic E-state index is -3.67. The first-order valence-corrected chi connectivity index (χ1v) is 10.2. The quantitative estimate of drug-likeness (QED) is 0.305. The van der Waals surface area contributed by atoms with Crippen molar-refractivity contribution in [2.45, 2.75) is 37.2 Å². The summed E-state index contributed by atoms with van der Waals surface area (Å²) in [6, 6.07) is 10.7. The first kappa shape index (κ1) is 21.7. The van der Waals surface area contributed by atoms with Gasteiger partial charge in [-0.25, -0.2) is 18.5 Å². The van der Waals surface area contributed by atoms with Crippen LogP contribution >= 0.6 is 24.0 Å². The fourth-order valence-corrected chi connectivity index (χ4v) is 3.08. The molecule has 1 aliphatic rings. The van der Waals surface area contributed by atoms with Crippen LogP contribution in [0.25, 0.3) is 0 Å². The zero-order valence-corrected chi connectivity index (χ0v) is 18.2. The summed E-state index contributed by atoms with van der Waals surface area (Å²) in [5.41, 5.74) is 0.911. The van der Waals surface area contributed by atoms with E-state index in [0.29, 0.717) is 25.0 Å². The van der Waals surface area contributed by atoms with Gasteiger partial charge in [0.05, 0.1) is 17.7 Å². The third kappa shape index (κ3) is 6.82. The number of nitrogens with two attached hydrogens (primary N) is 1. The number of hydrogen-bond donors (Lipinski definition) is 3. The zero-order valence-electron chi connectivity index (χ0n) is 15.1. The van der Waals surface area contributed by atoms with Crippen molar-refractivity contribution in [3.8, 4) is 0 Å². The number of nitrogens with zero attached hydrogens (tertiary/aromatic N) is 1. The molecule has 4 N–H and O–H groups in total. The highest BCUT2D eigenvalue weighted by Gasteiger charge is 2.33. The van der Waals surface area contributed by atoms with E-state index in [2.05, 4.69) is 22.5 Å². The van der Waals surface area contributed by atoms with Crippen molar-refractivity contribution in [2.75, 3.05) is 6.54 Å². The second-order valence-corrected chi connectivity index (χ2v) is 8.14. The first-order valence-electron chi connectivity index (χ1n) is 8.61. The van der Waals surface area contributed by atoms with E-state index in [-0.39, 0.29) is 28.9 Å². The molecule has 1 aromatic carbocycles. The Hall–Kier alpha value is -1.59. The van der Waals surface area contributed by atoms with Crippen LogP contribution in [0.15, 0.2) is 57.0 Å². The lowest BCUT2D eigenvalue weighted by Crippen LogP contribution is -2.40. The third-order valence-corrected chi connectivity index (χ3v) is 5.28. The van der Waals surface area contributed by atoms with Crippen molar-refractivity contribution in [1.29, 1.82) is 0 Å². The Labute approximate surface area is 176 Å². The molecule has 9 heteroatoms. The number of halogens is 1. The van der Waals surface area contributed by atoms with Crippen molar-refractivity contribution in [3.05, 3.63) is 54.0 Å². The highest BCUT2D eigenvalue weighted by Crippen LogP contribution is 2.28. The molecule has 1 aliphatic carbocycles. The second-order valence-electron chi connectivity index (χ2n) is 6.57. The van der Waals surface area contributed by atoms with Crippen LogP contribution in [0.1, 0.15) is 24.7 Å². The number of primary sulfonamides is 1. The summed E-state index contributed by atoms with van der Waals surface area (Å²) in [5, 5.41) is 11.9. The summed E-state index contributed by atoms with van der Waals surface area (Å²) in [7, 11) is -3.67. The fraction of sp³-hybridized carbons (Fsp3) is 0.389. The van der Waals surface area contributed by atoms with Crippen LogP contribution in [0.4, 0.5) is 0 Å². The Morgan fingerprint density at radius 2 is 2.00 bits per heavy atom. The van der Waals surface area contributed by atoms with E-state index in [1.54, 1.807) is 18.4 Å². The molecule has 7 nitrogen and oxygen atoms in total. The topological polar surface area (TPSA) is 110 Å². The standard InChI is InChI=1S/C18H24N4O3S.HI/c1-13-11-17(13)22-18(20-9-8-15-3-2-10-25-15)21-12-14-4-6-16(7-5-14)26(19,23)24;/h2-7,10,13,17H,8-9,11-12H2,1H3,(H2,19,23,24)(H2,20,21,22);1H. The lowest BCUT2D eigenvalue weighted by atomic mass is 10.2. The summed E-state index contributed by atoms with van der Waals surface area (Å²) in [4.78, 5) is 4.71. The van der Waals surface area contributed by atoms with E-state index < -0.39 is 10.0 Å². The number of sulfonamides is 1. The molecule has 0 saturated heterocycles. The lowest BCUT2D eigenvalue weighted by Gasteiger charge is -2.12. The first-order chi connectivity index (χ1) is 12.4. The molecule has 0 radical (unpaired) electrons. The molecule has 0 aliphatic heterocycles. The van der Waals surface area contributed by atoms with Crippen molar-refractivity contribution in [3.63, 3.8) is 0 Å². The highest BCUT2D eigenvalue weighted by atomic mass is 127. The maximum Gasteiger partial charge on any atom is 0.238 e. The molecule has 0 bridgehead atoms. The summed E-state index contributed by atoms with van der Waals surface area (Å²) in [6.45, 7) is 3.36. The van der Waals surface area contributed by atoms with Gasteiger partial charge in [0.15, 0.2) is 5.96 Å². The summed E-state index contributed by atoms with van der Waals surface area (Å²) in [6.07, 6.45) is 3.58. The Bertz CT molecular complexity index is 851. The predicted molar refractivity (Wildman–Crippen MR) is 115 cm³/mol. The molecule has 1 heterocycles. The molecule has 2 atom stereocenters. The molecular weight excluding hydrogens is 479 g/mol. The molecule has 0 amide bonds. The van der Waals surface area contributed by atoms with Gasteiger partial charge < -0.3 is 15.1 Å². The van der Waals surface area contributed by atoms with Gasteiger partial charge >= 0.3 is 0 Å². The van der Waals surface area contributed by atoms with Gasteiger partial charge in [-0.3, -0.25) is 0 Å². The highest BCUT2D eigenvalue weighted by molar-refractivity contribution is 14.0. The van der Waals surface area contributed by atoms with Crippen LogP contribution in [0.3, 0.4) is 0 Å². The summed E-state index contributed by atoms with van der Waals surface area (Å²) in [5.74, 6) is 2.33. The lowest BCUT2D eigenvalue weighted by molar-refractivity contribution is 0.506. The minimum Gasteiger partial charge on any atom is -0.469 e. The number of benzene rings is 1. The Morgan fingerprint density at radius 1 is 1.30 bits per heavy atom. The van der Waals surface area contributed by atoms with Gasteiger partial charge in [0.25, 0.3) is 0 Å². The van der Waals surface area contributed by atoms with Crippen molar-refractivity contribution in [2.24, 2.45) is 16.0 Å². The van der Waals surface area contributed by atoms with Gasteiger partial charge in [-0.1, -0.05) is 19.1 Å². The van der Waals surface area contributed by atoms with Crippen LogP contribution in [-0.2, 0) is 23.0 Å². The predicted octanol–water partition coefficient (Wildman–Crippen LogP) is 2.23. The Balaban J connectivity index is 0.00000261. The van der Waals surface area contributed by atoms with Crippen molar-refractivity contribution >= 4 is 40.0 Å². The SMILES string of the molecule is CC1CC1NC(=NCc1ccc(S(N)(=O)=O)cc1)NCCc1ccco1.I. The molecule has 3 rings (SSSR count). The van der Waals surface area contributed by atoms with Gasteiger partial charge in [0.2, 0.25) is 10.0 Å². The summed E-state index contributed by atoms with van der Waals surface area (Å²) < 4.78 is 27.9. The maximum absolute atomic E-state index is 11.3. The van der Waals surface area contributed by atoms with E-state index in [4.69, 9.17) is 9.56 Å². The molecule has 1 fully saturated rings. The number of furan rings is 1. The van der Waals surface area contributed by atoms with E-state index in [1.165, 1.54) is 12.1 Å². The van der Waals surface area contributed by atoms with Crippen LogP contribution < -0.4 is 15.8 Å². The molecular formula is C18H25IN4O3S. The minimum absolute atomic E-state index is 0.